The highest BCUT2D eigenvalue weighted by Gasteiger charge is 2.34. The first kappa shape index (κ1) is 14.3. The summed E-state index contributed by atoms with van der Waals surface area (Å²) in [5.74, 6) is -3.26. The summed E-state index contributed by atoms with van der Waals surface area (Å²) in [5, 5.41) is 19.5. The van der Waals surface area contributed by atoms with Gasteiger partial charge in [0.2, 0.25) is 5.82 Å². The molecule has 0 saturated heterocycles. The summed E-state index contributed by atoms with van der Waals surface area (Å²) in [6.07, 6.45) is 1.47. The third-order valence-corrected chi connectivity index (χ3v) is 3.05. The number of rotatable bonds is 5. The Labute approximate surface area is 112 Å². The number of aliphatic hydroxyl groups excluding tert-OH is 1. The molecule has 1 aromatic carbocycles. The Morgan fingerprint density at radius 2 is 2.05 bits per heavy atom. The third kappa shape index (κ3) is 2.74. The van der Waals surface area contributed by atoms with E-state index < -0.39 is 33.7 Å². The molecular weight excluding hydrogens is 274 g/mol. The molecule has 108 valence electrons. The Kier molecular flexibility index (Phi) is 3.93. The van der Waals surface area contributed by atoms with Crippen LogP contribution in [-0.4, -0.2) is 40.0 Å². The zero-order chi connectivity index (χ0) is 14.9. The van der Waals surface area contributed by atoms with Crippen molar-refractivity contribution in [3.05, 3.63) is 39.4 Å². The van der Waals surface area contributed by atoms with Gasteiger partial charge in [-0.15, -0.1) is 0 Å². The van der Waals surface area contributed by atoms with Gasteiger partial charge in [-0.3, -0.25) is 14.9 Å². The van der Waals surface area contributed by atoms with Gasteiger partial charge >= 0.3 is 5.69 Å². The van der Waals surface area contributed by atoms with Crippen LogP contribution in [-0.2, 0) is 0 Å². The molecule has 0 aromatic heterocycles. The molecule has 1 saturated carbocycles. The summed E-state index contributed by atoms with van der Waals surface area (Å²) in [6, 6.07) is 0.827. The largest absolute Gasteiger partial charge is 0.395 e. The first-order chi connectivity index (χ1) is 9.45. The molecule has 0 atom stereocenters. The summed E-state index contributed by atoms with van der Waals surface area (Å²) in [6.45, 7) is -0.290. The number of nitro groups is 1. The van der Waals surface area contributed by atoms with E-state index >= 15 is 0 Å². The predicted octanol–water partition coefficient (Wildman–Crippen LogP) is 1.47. The van der Waals surface area contributed by atoms with Crippen LogP contribution in [0.25, 0.3) is 0 Å². The zero-order valence-electron chi connectivity index (χ0n) is 10.4. The number of halogens is 2. The van der Waals surface area contributed by atoms with Gasteiger partial charge in [0.25, 0.3) is 5.91 Å². The van der Waals surface area contributed by atoms with Crippen LogP contribution in [0.3, 0.4) is 0 Å². The van der Waals surface area contributed by atoms with E-state index in [1.54, 1.807) is 0 Å². The number of hydrogen-bond acceptors (Lipinski definition) is 4. The summed E-state index contributed by atoms with van der Waals surface area (Å²) in [5.41, 5.74) is -1.51. The number of nitro benzene ring substituents is 1. The summed E-state index contributed by atoms with van der Waals surface area (Å²) < 4.78 is 26.9. The van der Waals surface area contributed by atoms with E-state index in [1.165, 1.54) is 4.90 Å². The molecule has 0 aliphatic heterocycles. The molecule has 8 heteroatoms. The fourth-order valence-corrected chi connectivity index (χ4v) is 1.94. The Hall–Kier alpha value is -2.09. The van der Waals surface area contributed by atoms with Crippen LogP contribution in [0.1, 0.15) is 23.2 Å². The Balaban J connectivity index is 2.37. The second-order valence-electron chi connectivity index (χ2n) is 4.49. The molecule has 0 bridgehead atoms. The van der Waals surface area contributed by atoms with Crippen LogP contribution < -0.4 is 0 Å². The van der Waals surface area contributed by atoms with Crippen molar-refractivity contribution in [3.8, 4) is 0 Å². The van der Waals surface area contributed by atoms with E-state index in [2.05, 4.69) is 0 Å². The number of carbonyl (C=O) groups is 1. The van der Waals surface area contributed by atoms with Crippen LogP contribution in [0.15, 0.2) is 12.1 Å². The van der Waals surface area contributed by atoms with Gasteiger partial charge in [0.1, 0.15) is 5.82 Å². The molecule has 20 heavy (non-hydrogen) atoms. The number of nitrogens with zero attached hydrogens (tertiary/aromatic N) is 2. The van der Waals surface area contributed by atoms with Crippen LogP contribution in [0, 0.1) is 21.7 Å². The lowest BCUT2D eigenvalue weighted by Crippen LogP contribution is -2.36. The number of amides is 1. The molecule has 1 fully saturated rings. The van der Waals surface area contributed by atoms with E-state index in [9.17, 15) is 23.7 Å². The lowest BCUT2D eigenvalue weighted by atomic mass is 10.1. The first-order valence-electron chi connectivity index (χ1n) is 6.01. The molecule has 6 nitrogen and oxygen atoms in total. The van der Waals surface area contributed by atoms with Crippen LogP contribution in [0.2, 0.25) is 0 Å². The van der Waals surface area contributed by atoms with Gasteiger partial charge in [-0.2, -0.15) is 4.39 Å². The molecule has 1 aromatic rings. The molecule has 0 radical (unpaired) electrons. The SMILES string of the molecule is O=C(c1cc([N+](=O)[O-])c(F)cc1F)N(CCO)C1CC1. The maximum absolute atomic E-state index is 13.7. The smallest absolute Gasteiger partial charge is 0.305 e. The fraction of sp³-hybridized carbons (Fsp3) is 0.417. The summed E-state index contributed by atoms with van der Waals surface area (Å²) in [4.78, 5) is 23.0. The number of carbonyl (C=O) groups excluding carboxylic acids is 1. The third-order valence-electron chi connectivity index (χ3n) is 3.05. The lowest BCUT2D eigenvalue weighted by molar-refractivity contribution is -0.387. The number of hydrogen-bond donors (Lipinski definition) is 1. The highest BCUT2D eigenvalue weighted by molar-refractivity contribution is 5.95. The van der Waals surface area contributed by atoms with E-state index in [0.717, 1.165) is 12.8 Å². The monoisotopic (exact) mass is 286 g/mol. The topological polar surface area (TPSA) is 83.7 Å². The van der Waals surface area contributed by atoms with Gasteiger partial charge in [0, 0.05) is 24.7 Å². The van der Waals surface area contributed by atoms with Crippen LogP contribution in [0.4, 0.5) is 14.5 Å². The van der Waals surface area contributed by atoms with E-state index in [0.29, 0.717) is 12.1 Å². The van der Waals surface area contributed by atoms with Crippen molar-refractivity contribution in [2.24, 2.45) is 0 Å². The second-order valence-corrected chi connectivity index (χ2v) is 4.49. The Morgan fingerprint density at radius 3 is 2.55 bits per heavy atom. The van der Waals surface area contributed by atoms with Crippen molar-refractivity contribution >= 4 is 11.6 Å². The summed E-state index contributed by atoms with van der Waals surface area (Å²) >= 11 is 0. The molecule has 0 unspecified atom stereocenters. The van der Waals surface area contributed by atoms with Gasteiger partial charge in [0.05, 0.1) is 17.1 Å². The number of aliphatic hydroxyl groups is 1. The van der Waals surface area contributed by atoms with Crippen LogP contribution >= 0.6 is 0 Å². The Bertz CT molecular complexity index is 561. The quantitative estimate of drug-likeness (QED) is 0.656. The zero-order valence-corrected chi connectivity index (χ0v) is 10.4. The van der Waals surface area contributed by atoms with Gasteiger partial charge in [-0.1, -0.05) is 0 Å². The van der Waals surface area contributed by atoms with Crippen LogP contribution in [0.5, 0.6) is 0 Å². The number of benzene rings is 1. The molecule has 1 N–H and O–H groups in total. The lowest BCUT2D eigenvalue weighted by Gasteiger charge is -2.21. The first-order valence-corrected chi connectivity index (χ1v) is 6.01. The van der Waals surface area contributed by atoms with Crippen molar-refractivity contribution in [1.29, 1.82) is 0 Å². The van der Waals surface area contributed by atoms with Gasteiger partial charge in [-0.05, 0) is 12.8 Å². The summed E-state index contributed by atoms with van der Waals surface area (Å²) in [7, 11) is 0. The van der Waals surface area contributed by atoms with Crippen molar-refractivity contribution in [2.45, 2.75) is 18.9 Å². The molecule has 1 aliphatic rings. The van der Waals surface area contributed by atoms with E-state index in [1.807, 2.05) is 0 Å². The van der Waals surface area contributed by atoms with Gasteiger partial charge < -0.3 is 10.0 Å². The minimum atomic E-state index is -1.33. The fourth-order valence-electron chi connectivity index (χ4n) is 1.94. The van der Waals surface area contributed by atoms with Crippen molar-refractivity contribution in [3.63, 3.8) is 0 Å². The second kappa shape index (κ2) is 5.49. The standard InChI is InChI=1S/C12H12F2N2O4/c13-9-6-10(14)11(16(19)20)5-8(9)12(18)15(3-4-17)7-1-2-7/h5-7,17H,1-4H2. The average Bonchev–Trinajstić information content (AvgIpc) is 3.19. The van der Waals surface area contributed by atoms with Crippen molar-refractivity contribution in [2.75, 3.05) is 13.2 Å². The maximum atomic E-state index is 13.7. The molecule has 0 spiro atoms. The predicted molar refractivity (Wildman–Crippen MR) is 64.2 cm³/mol. The maximum Gasteiger partial charge on any atom is 0.305 e. The minimum absolute atomic E-state index is 0.00805. The molecule has 0 heterocycles. The van der Waals surface area contributed by atoms with E-state index in [-0.39, 0.29) is 19.2 Å². The normalized spacial score (nSPS) is 14.2. The average molecular weight is 286 g/mol. The molecule has 2 rings (SSSR count). The van der Waals surface area contributed by atoms with Gasteiger partial charge in [-0.25, -0.2) is 4.39 Å². The van der Waals surface area contributed by atoms with Gasteiger partial charge in [0.15, 0.2) is 0 Å². The Morgan fingerprint density at radius 1 is 1.40 bits per heavy atom. The van der Waals surface area contributed by atoms with E-state index in [4.69, 9.17) is 5.11 Å². The molecule has 1 amide bonds. The van der Waals surface area contributed by atoms with Crippen molar-refractivity contribution < 1.29 is 23.6 Å². The highest BCUT2D eigenvalue weighted by atomic mass is 19.1. The highest BCUT2D eigenvalue weighted by Crippen LogP contribution is 2.30. The minimum Gasteiger partial charge on any atom is -0.395 e. The van der Waals surface area contributed by atoms with Crippen molar-refractivity contribution in [1.82, 2.24) is 4.90 Å². The molecule has 1 aliphatic carbocycles. The molecular formula is C12H12F2N2O4.